The van der Waals surface area contributed by atoms with Crippen LogP contribution in [0.2, 0.25) is 0 Å². The monoisotopic (exact) mass is 265 g/mol. The number of hydrogen-bond acceptors (Lipinski definition) is 4. The van der Waals surface area contributed by atoms with Gasteiger partial charge in [-0.3, -0.25) is 4.79 Å². The molecule has 1 heterocycles. The van der Waals surface area contributed by atoms with Crippen molar-refractivity contribution in [2.24, 2.45) is 5.92 Å². The van der Waals surface area contributed by atoms with Crippen LogP contribution in [0.3, 0.4) is 0 Å². The van der Waals surface area contributed by atoms with Crippen molar-refractivity contribution in [3.05, 3.63) is 22.5 Å². The van der Waals surface area contributed by atoms with Crippen LogP contribution in [-0.2, 0) is 14.3 Å². The van der Waals surface area contributed by atoms with Gasteiger partial charge >= 0.3 is 5.97 Å². The SMILES string of the molecule is CCC1C(C=O)=C(C)NC(C)=C1C(=O)OC(C)(C)C. The van der Waals surface area contributed by atoms with Gasteiger partial charge in [-0.15, -0.1) is 0 Å². The van der Waals surface area contributed by atoms with E-state index >= 15 is 0 Å². The number of aldehydes is 1. The Morgan fingerprint density at radius 2 is 1.89 bits per heavy atom. The van der Waals surface area contributed by atoms with E-state index in [-0.39, 0.29) is 11.9 Å². The molecule has 1 aliphatic rings. The lowest BCUT2D eigenvalue weighted by Gasteiger charge is -2.30. The van der Waals surface area contributed by atoms with Crippen molar-refractivity contribution in [3.63, 3.8) is 0 Å². The highest BCUT2D eigenvalue weighted by atomic mass is 16.6. The third kappa shape index (κ3) is 3.46. The second kappa shape index (κ2) is 5.59. The maximum atomic E-state index is 12.3. The maximum Gasteiger partial charge on any atom is 0.336 e. The molecular formula is C15H23NO3. The highest BCUT2D eigenvalue weighted by molar-refractivity contribution is 5.94. The number of nitrogens with one attached hydrogen (secondary N) is 1. The quantitative estimate of drug-likeness (QED) is 0.629. The molecule has 1 aliphatic heterocycles. The van der Waals surface area contributed by atoms with Gasteiger partial charge in [0.2, 0.25) is 0 Å². The summed E-state index contributed by atoms with van der Waals surface area (Å²) < 4.78 is 5.43. The normalized spacial score (nSPS) is 20.2. The summed E-state index contributed by atoms with van der Waals surface area (Å²) in [7, 11) is 0. The van der Waals surface area contributed by atoms with E-state index in [1.807, 2.05) is 41.5 Å². The lowest BCUT2D eigenvalue weighted by atomic mass is 9.84. The van der Waals surface area contributed by atoms with Crippen molar-refractivity contribution in [1.29, 1.82) is 0 Å². The Balaban J connectivity index is 3.14. The molecule has 0 aliphatic carbocycles. The van der Waals surface area contributed by atoms with Crippen LogP contribution in [0.5, 0.6) is 0 Å². The van der Waals surface area contributed by atoms with Crippen molar-refractivity contribution in [2.75, 3.05) is 0 Å². The minimum absolute atomic E-state index is 0.186. The van der Waals surface area contributed by atoms with Crippen LogP contribution in [0.1, 0.15) is 48.0 Å². The number of esters is 1. The van der Waals surface area contributed by atoms with E-state index < -0.39 is 5.60 Å². The fraction of sp³-hybridized carbons (Fsp3) is 0.600. The summed E-state index contributed by atoms with van der Waals surface area (Å²) >= 11 is 0. The van der Waals surface area contributed by atoms with Crippen LogP contribution in [0, 0.1) is 5.92 Å². The van der Waals surface area contributed by atoms with Gasteiger partial charge in [0.25, 0.3) is 0 Å². The second-order valence-corrected chi connectivity index (χ2v) is 5.82. The van der Waals surface area contributed by atoms with E-state index in [0.29, 0.717) is 17.6 Å². The first-order chi connectivity index (χ1) is 8.71. The molecule has 106 valence electrons. The van der Waals surface area contributed by atoms with Crippen molar-refractivity contribution in [2.45, 2.75) is 53.6 Å². The van der Waals surface area contributed by atoms with Gasteiger partial charge < -0.3 is 10.1 Å². The summed E-state index contributed by atoms with van der Waals surface area (Å²) in [5, 5.41) is 3.09. The molecule has 1 rings (SSSR count). The number of ether oxygens (including phenoxy) is 1. The Hall–Kier alpha value is -1.58. The predicted molar refractivity (Wildman–Crippen MR) is 74.2 cm³/mol. The van der Waals surface area contributed by atoms with Gasteiger partial charge in [0.05, 0.1) is 5.57 Å². The summed E-state index contributed by atoms with van der Waals surface area (Å²) in [5.74, 6) is -0.537. The van der Waals surface area contributed by atoms with Crippen LogP contribution in [0.4, 0.5) is 0 Å². The summed E-state index contributed by atoms with van der Waals surface area (Å²) in [6.45, 7) is 11.2. The fourth-order valence-corrected chi connectivity index (χ4v) is 2.32. The fourth-order valence-electron chi connectivity index (χ4n) is 2.32. The van der Waals surface area contributed by atoms with Gasteiger partial charge in [0.1, 0.15) is 11.9 Å². The first-order valence-electron chi connectivity index (χ1n) is 6.58. The van der Waals surface area contributed by atoms with Gasteiger partial charge in [-0.05, 0) is 41.0 Å². The zero-order valence-corrected chi connectivity index (χ0v) is 12.6. The van der Waals surface area contributed by atoms with Crippen LogP contribution in [0.25, 0.3) is 0 Å². The van der Waals surface area contributed by atoms with E-state index in [4.69, 9.17) is 4.74 Å². The predicted octanol–water partition coefficient (Wildman–Crippen LogP) is 2.70. The first-order valence-corrected chi connectivity index (χ1v) is 6.58. The standard InChI is InChI=1S/C15H23NO3/c1-7-11-12(8-17)9(2)16-10(3)13(11)14(18)19-15(4,5)6/h8,11,16H,7H2,1-6H3. The molecule has 1 unspecified atom stereocenters. The number of hydrogen-bond donors (Lipinski definition) is 1. The number of rotatable bonds is 3. The molecule has 0 aromatic carbocycles. The van der Waals surface area contributed by atoms with Gasteiger partial charge in [0.15, 0.2) is 0 Å². The molecule has 19 heavy (non-hydrogen) atoms. The van der Waals surface area contributed by atoms with Gasteiger partial charge in [-0.25, -0.2) is 4.79 Å². The first kappa shape index (κ1) is 15.5. The summed E-state index contributed by atoms with van der Waals surface area (Å²) in [4.78, 5) is 23.5. The van der Waals surface area contributed by atoms with Crippen LogP contribution in [0.15, 0.2) is 22.5 Å². The zero-order valence-electron chi connectivity index (χ0n) is 12.6. The molecule has 0 aromatic heterocycles. The van der Waals surface area contributed by atoms with Crippen molar-refractivity contribution in [1.82, 2.24) is 5.32 Å². The molecule has 0 radical (unpaired) electrons. The third-order valence-electron chi connectivity index (χ3n) is 3.09. The molecular weight excluding hydrogens is 242 g/mol. The Labute approximate surface area is 114 Å². The summed E-state index contributed by atoms with van der Waals surface area (Å²) in [5.41, 5.74) is 2.23. The second-order valence-electron chi connectivity index (χ2n) is 5.82. The summed E-state index contributed by atoms with van der Waals surface area (Å²) in [6.07, 6.45) is 1.52. The van der Waals surface area contributed by atoms with Crippen LogP contribution in [-0.4, -0.2) is 17.9 Å². The zero-order chi connectivity index (χ0) is 14.8. The molecule has 0 bridgehead atoms. The lowest BCUT2D eigenvalue weighted by molar-refractivity contribution is -0.150. The molecule has 1 atom stereocenters. The molecule has 4 heteroatoms. The maximum absolute atomic E-state index is 12.3. The molecule has 0 saturated carbocycles. The molecule has 1 N–H and O–H groups in total. The van der Waals surface area contributed by atoms with E-state index in [1.54, 1.807) is 0 Å². The molecule has 4 nitrogen and oxygen atoms in total. The average Bonchev–Trinajstić information content (AvgIpc) is 2.25. The molecule has 0 saturated heterocycles. The highest BCUT2D eigenvalue weighted by Crippen LogP contribution is 2.32. The average molecular weight is 265 g/mol. The minimum atomic E-state index is -0.541. The molecule has 0 amide bonds. The van der Waals surface area contributed by atoms with Crippen LogP contribution >= 0.6 is 0 Å². The number of dihydropyridines is 1. The Morgan fingerprint density at radius 3 is 2.32 bits per heavy atom. The van der Waals surface area contributed by atoms with Gasteiger partial charge in [-0.2, -0.15) is 0 Å². The van der Waals surface area contributed by atoms with E-state index in [9.17, 15) is 9.59 Å². The van der Waals surface area contributed by atoms with E-state index in [1.165, 1.54) is 0 Å². The molecule has 0 fully saturated rings. The van der Waals surface area contributed by atoms with Crippen molar-refractivity contribution >= 4 is 12.3 Å². The largest absolute Gasteiger partial charge is 0.457 e. The topological polar surface area (TPSA) is 55.4 Å². The smallest absolute Gasteiger partial charge is 0.336 e. The van der Waals surface area contributed by atoms with E-state index in [0.717, 1.165) is 17.7 Å². The Bertz CT molecular complexity index is 453. The number of allylic oxidation sites excluding steroid dienone is 3. The number of carbonyl (C=O) groups excluding carboxylic acids is 2. The Morgan fingerprint density at radius 1 is 1.32 bits per heavy atom. The van der Waals surface area contributed by atoms with Crippen LogP contribution < -0.4 is 5.32 Å². The van der Waals surface area contributed by atoms with Crippen molar-refractivity contribution in [3.8, 4) is 0 Å². The molecule has 0 aromatic rings. The van der Waals surface area contributed by atoms with Gasteiger partial charge in [0, 0.05) is 22.9 Å². The van der Waals surface area contributed by atoms with E-state index in [2.05, 4.69) is 5.32 Å². The molecule has 0 spiro atoms. The summed E-state index contributed by atoms with van der Waals surface area (Å²) in [6, 6.07) is 0. The van der Waals surface area contributed by atoms with Gasteiger partial charge in [-0.1, -0.05) is 6.92 Å². The lowest BCUT2D eigenvalue weighted by Crippen LogP contribution is -2.33. The number of carbonyl (C=O) groups is 2. The highest BCUT2D eigenvalue weighted by Gasteiger charge is 2.33. The third-order valence-corrected chi connectivity index (χ3v) is 3.09. The Kier molecular flexibility index (Phi) is 4.56. The van der Waals surface area contributed by atoms with Crippen molar-refractivity contribution < 1.29 is 14.3 Å². The minimum Gasteiger partial charge on any atom is -0.457 e.